The summed E-state index contributed by atoms with van der Waals surface area (Å²) in [6, 6.07) is 8.07. The fourth-order valence-electron chi connectivity index (χ4n) is 1.81. The van der Waals surface area contributed by atoms with E-state index >= 15 is 0 Å². The Morgan fingerprint density at radius 3 is 2.71 bits per heavy atom. The Kier molecular flexibility index (Phi) is 6.71. The van der Waals surface area contributed by atoms with E-state index in [1.165, 1.54) is 18.4 Å². The van der Waals surface area contributed by atoms with Crippen molar-refractivity contribution in [3.05, 3.63) is 29.8 Å². The van der Waals surface area contributed by atoms with Gasteiger partial charge in [-0.3, -0.25) is 0 Å². The number of hydrogen-bond donors (Lipinski definition) is 0. The van der Waals surface area contributed by atoms with Crippen LogP contribution in [0.4, 0.5) is 0 Å². The molecule has 0 unspecified atom stereocenters. The highest BCUT2D eigenvalue weighted by atomic mass is 16.5. The van der Waals surface area contributed by atoms with E-state index < -0.39 is 0 Å². The molecule has 0 fully saturated rings. The Labute approximate surface area is 105 Å². The predicted molar refractivity (Wildman–Crippen MR) is 71.4 cm³/mol. The summed E-state index contributed by atoms with van der Waals surface area (Å²) >= 11 is 0. The van der Waals surface area contributed by atoms with Gasteiger partial charge in [0.05, 0.1) is 19.8 Å². The summed E-state index contributed by atoms with van der Waals surface area (Å²) in [7, 11) is 1.69. The topological polar surface area (TPSA) is 18.5 Å². The van der Waals surface area contributed by atoms with Gasteiger partial charge < -0.3 is 9.47 Å². The molecule has 2 nitrogen and oxygen atoms in total. The minimum absolute atomic E-state index is 0.390. The van der Waals surface area contributed by atoms with Crippen molar-refractivity contribution in [3.8, 4) is 5.75 Å². The van der Waals surface area contributed by atoms with E-state index in [9.17, 15) is 0 Å². The summed E-state index contributed by atoms with van der Waals surface area (Å²) < 4.78 is 11.1. The maximum atomic E-state index is 5.92. The van der Waals surface area contributed by atoms with Gasteiger partial charge in [-0.1, -0.05) is 38.8 Å². The monoisotopic (exact) mass is 236 g/mol. The maximum absolute atomic E-state index is 5.92. The third kappa shape index (κ3) is 5.22. The van der Waals surface area contributed by atoms with Crippen LogP contribution in [0.1, 0.15) is 45.1 Å². The Bertz CT molecular complexity index is 310. The summed E-state index contributed by atoms with van der Waals surface area (Å²) in [5, 5.41) is 0. The fourth-order valence-corrected chi connectivity index (χ4v) is 1.81. The second kappa shape index (κ2) is 8.13. The Hall–Kier alpha value is -1.02. The van der Waals surface area contributed by atoms with E-state index in [2.05, 4.69) is 19.9 Å². The van der Waals surface area contributed by atoms with Gasteiger partial charge in [0.25, 0.3) is 0 Å². The third-order valence-electron chi connectivity index (χ3n) is 2.95. The zero-order chi connectivity index (χ0) is 12.5. The molecule has 1 rings (SSSR count). The van der Waals surface area contributed by atoms with Crippen LogP contribution in [-0.2, 0) is 11.3 Å². The van der Waals surface area contributed by atoms with Crippen LogP contribution in [0.5, 0.6) is 5.75 Å². The van der Waals surface area contributed by atoms with Crippen LogP contribution in [0.2, 0.25) is 0 Å². The van der Waals surface area contributed by atoms with E-state index in [4.69, 9.17) is 9.47 Å². The first-order chi connectivity index (χ1) is 8.30. The van der Waals surface area contributed by atoms with Gasteiger partial charge in [0.2, 0.25) is 0 Å². The van der Waals surface area contributed by atoms with Crippen molar-refractivity contribution >= 4 is 0 Å². The SMILES string of the molecule is CCCC[C@@H](CC)OCc1cccc(OC)c1. The molecule has 0 bridgehead atoms. The highest BCUT2D eigenvalue weighted by Crippen LogP contribution is 2.16. The van der Waals surface area contributed by atoms with Gasteiger partial charge in [-0.15, -0.1) is 0 Å². The molecular formula is C15H24O2. The summed E-state index contributed by atoms with van der Waals surface area (Å²) in [6.45, 7) is 5.08. The van der Waals surface area contributed by atoms with Crippen LogP contribution in [0.3, 0.4) is 0 Å². The molecule has 0 spiro atoms. The molecule has 0 amide bonds. The molecule has 0 saturated heterocycles. The second-order valence-corrected chi connectivity index (χ2v) is 4.34. The molecule has 1 aromatic carbocycles. The van der Waals surface area contributed by atoms with Gasteiger partial charge in [-0.2, -0.15) is 0 Å². The lowest BCUT2D eigenvalue weighted by molar-refractivity contribution is 0.0312. The lowest BCUT2D eigenvalue weighted by Crippen LogP contribution is -2.11. The molecule has 0 N–H and O–H groups in total. The van der Waals surface area contributed by atoms with Gasteiger partial charge >= 0.3 is 0 Å². The van der Waals surface area contributed by atoms with Gasteiger partial charge in [-0.05, 0) is 30.5 Å². The molecule has 0 aromatic heterocycles. The van der Waals surface area contributed by atoms with Crippen molar-refractivity contribution in [1.29, 1.82) is 0 Å². The van der Waals surface area contributed by atoms with Crippen LogP contribution in [0.25, 0.3) is 0 Å². The minimum atomic E-state index is 0.390. The number of rotatable bonds is 8. The van der Waals surface area contributed by atoms with Gasteiger partial charge in [-0.25, -0.2) is 0 Å². The predicted octanol–water partition coefficient (Wildman–Crippen LogP) is 4.18. The van der Waals surface area contributed by atoms with Crippen molar-refractivity contribution in [2.75, 3.05) is 7.11 Å². The first-order valence-corrected chi connectivity index (χ1v) is 6.54. The number of methoxy groups -OCH3 is 1. The lowest BCUT2D eigenvalue weighted by Gasteiger charge is -2.16. The number of hydrogen-bond acceptors (Lipinski definition) is 2. The maximum Gasteiger partial charge on any atom is 0.119 e. The van der Waals surface area contributed by atoms with E-state index in [0.29, 0.717) is 12.7 Å². The summed E-state index contributed by atoms with van der Waals surface area (Å²) in [4.78, 5) is 0. The third-order valence-corrected chi connectivity index (χ3v) is 2.95. The fraction of sp³-hybridized carbons (Fsp3) is 0.600. The highest BCUT2D eigenvalue weighted by molar-refractivity contribution is 5.27. The molecule has 0 aliphatic rings. The van der Waals surface area contributed by atoms with Crippen molar-refractivity contribution in [1.82, 2.24) is 0 Å². The van der Waals surface area contributed by atoms with Gasteiger partial charge in [0, 0.05) is 0 Å². The first-order valence-electron chi connectivity index (χ1n) is 6.54. The molecular weight excluding hydrogens is 212 g/mol. The molecule has 2 heteroatoms. The van der Waals surface area contributed by atoms with E-state index in [0.717, 1.165) is 18.6 Å². The van der Waals surface area contributed by atoms with Crippen LogP contribution in [0.15, 0.2) is 24.3 Å². The zero-order valence-corrected chi connectivity index (χ0v) is 11.2. The average Bonchev–Trinajstić information content (AvgIpc) is 2.39. The summed E-state index contributed by atoms with van der Waals surface area (Å²) in [5.41, 5.74) is 1.18. The summed E-state index contributed by atoms with van der Waals surface area (Å²) in [5.74, 6) is 0.896. The van der Waals surface area contributed by atoms with Gasteiger partial charge in [0.15, 0.2) is 0 Å². The molecule has 0 radical (unpaired) electrons. The van der Waals surface area contributed by atoms with Crippen LogP contribution >= 0.6 is 0 Å². The van der Waals surface area contributed by atoms with Crippen LogP contribution in [-0.4, -0.2) is 13.2 Å². The number of ether oxygens (including phenoxy) is 2. The molecule has 0 saturated carbocycles. The Morgan fingerprint density at radius 1 is 1.24 bits per heavy atom. The van der Waals surface area contributed by atoms with Crippen molar-refractivity contribution in [2.24, 2.45) is 0 Å². The molecule has 17 heavy (non-hydrogen) atoms. The smallest absolute Gasteiger partial charge is 0.119 e. The van der Waals surface area contributed by atoms with Crippen molar-refractivity contribution in [3.63, 3.8) is 0 Å². The minimum Gasteiger partial charge on any atom is -0.497 e. The zero-order valence-electron chi connectivity index (χ0n) is 11.2. The molecule has 0 heterocycles. The van der Waals surface area contributed by atoms with Crippen molar-refractivity contribution in [2.45, 2.75) is 52.2 Å². The molecule has 0 aliphatic heterocycles. The average molecular weight is 236 g/mol. The van der Waals surface area contributed by atoms with Crippen LogP contribution < -0.4 is 4.74 Å². The van der Waals surface area contributed by atoms with E-state index in [-0.39, 0.29) is 0 Å². The number of unbranched alkanes of at least 4 members (excludes halogenated alkanes) is 1. The van der Waals surface area contributed by atoms with Crippen molar-refractivity contribution < 1.29 is 9.47 Å². The quantitative estimate of drug-likeness (QED) is 0.674. The van der Waals surface area contributed by atoms with E-state index in [1.807, 2.05) is 18.2 Å². The molecule has 1 atom stereocenters. The lowest BCUT2D eigenvalue weighted by atomic mass is 10.1. The molecule has 1 aromatic rings. The number of benzene rings is 1. The standard InChI is InChI=1S/C15H24O2/c1-4-6-9-14(5-2)17-12-13-8-7-10-15(11-13)16-3/h7-8,10-11,14H,4-6,9,12H2,1-3H3/t14-/m1/s1. The van der Waals surface area contributed by atoms with E-state index in [1.54, 1.807) is 7.11 Å². The molecule has 96 valence electrons. The Morgan fingerprint density at radius 2 is 2.06 bits per heavy atom. The Balaban J connectivity index is 2.41. The highest BCUT2D eigenvalue weighted by Gasteiger charge is 2.06. The summed E-state index contributed by atoms with van der Waals surface area (Å²) in [6.07, 6.45) is 5.12. The van der Waals surface area contributed by atoms with Gasteiger partial charge in [0.1, 0.15) is 5.75 Å². The van der Waals surface area contributed by atoms with Crippen LogP contribution in [0, 0.1) is 0 Å². The first kappa shape index (κ1) is 14.0. The normalized spacial score (nSPS) is 12.4. The largest absolute Gasteiger partial charge is 0.497 e. The second-order valence-electron chi connectivity index (χ2n) is 4.34. The molecule has 0 aliphatic carbocycles.